The van der Waals surface area contributed by atoms with E-state index in [1.54, 1.807) is 13.8 Å². The number of primary amides is 1. The van der Waals surface area contributed by atoms with Crippen molar-refractivity contribution in [2.75, 3.05) is 6.54 Å². The molecular formula is C14H19N3O5S. The quantitative estimate of drug-likeness (QED) is 0.650. The highest BCUT2D eigenvalue weighted by Gasteiger charge is 2.37. The Kier molecular flexibility index (Phi) is 4.71. The Morgan fingerprint density at radius 1 is 1.39 bits per heavy atom. The lowest BCUT2D eigenvalue weighted by molar-refractivity contribution is -0.385. The topological polar surface area (TPSA) is 124 Å². The number of nitro groups is 1. The highest BCUT2D eigenvalue weighted by atomic mass is 32.2. The number of rotatable bonds is 4. The number of piperidine rings is 1. The fourth-order valence-electron chi connectivity index (χ4n) is 2.75. The number of amides is 1. The first kappa shape index (κ1) is 17.4. The van der Waals surface area contributed by atoms with Crippen molar-refractivity contribution in [2.24, 2.45) is 11.7 Å². The highest BCUT2D eigenvalue weighted by molar-refractivity contribution is 7.89. The predicted molar refractivity (Wildman–Crippen MR) is 83.1 cm³/mol. The molecule has 1 saturated heterocycles. The van der Waals surface area contributed by atoms with E-state index in [9.17, 15) is 23.3 Å². The van der Waals surface area contributed by atoms with Gasteiger partial charge in [-0.3, -0.25) is 14.9 Å². The standard InChI is InChI=1S/C14H19N3O5S/c1-9-3-6-12(17(19)20)7-13(9)23(21,22)16-8-11(14(15)18)5-4-10(16)2/h3,6-7,10-11H,4-5,8H2,1-2H3,(H2,15,18)/t10-,11-/m0/s1. The molecule has 1 heterocycles. The summed E-state index contributed by atoms with van der Waals surface area (Å²) in [7, 11) is -3.94. The van der Waals surface area contributed by atoms with Crippen LogP contribution < -0.4 is 5.73 Å². The Hall–Kier alpha value is -2.00. The van der Waals surface area contributed by atoms with Gasteiger partial charge in [0, 0.05) is 24.7 Å². The zero-order chi connectivity index (χ0) is 17.4. The fraction of sp³-hybridized carbons (Fsp3) is 0.500. The van der Waals surface area contributed by atoms with Crippen LogP contribution >= 0.6 is 0 Å². The normalized spacial score (nSPS) is 22.7. The van der Waals surface area contributed by atoms with E-state index < -0.39 is 26.8 Å². The van der Waals surface area contributed by atoms with Gasteiger partial charge in [0.05, 0.1) is 15.7 Å². The van der Waals surface area contributed by atoms with Crippen molar-refractivity contribution >= 4 is 21.6 Å². The molecule has 1 fully saturated rings. The van der Waals surface area contributed by atoms with Crippen LogP contribution in [0, 0.1) is 23.0 Å². The van der Waals surface area contributed by atoms with Crippen LogP contribution in [-0.4, -0.2) is 36.1 Å². The molecule has 0 aromatic heterocycles. The molecule has 0 bridgehead atoms. The van der Waals surface area contributed by atoms with Crippen LogP contribution in [0.25, 0.3) is 0 Å². The van der Waals surface area contributed by atoms with Crippen molar-refractivity contribution in [1.29, 1.82) is 0 Å². The number of carbonyl (C=O) groups excluding carboxylic acids is 1. The van der Waals surface area contributed by atoms with Gasteiger partial charge in [-0.05, 0) is 32.3 Å². The molecule has 9 heteroatoms. The zero-order valence-electron chi connectivity index (χ0n) is 12.9. The molecule has 2 atom stereocenters. The number of sulfonamides is 1. The van der Waals surface area contributed by atoms with Gasteiger partial charge in [0.1, 0.15) is 0 Å². The lowest BCUT2D eigenvalue weighted by atomic mass is 9.95. The largest absolute Gasteiger partial charge is 0.369 e. The average Bonchev–Trinajstić information content (AvgIpc) is 2.47. The van der Waals surface area contributed by atoms with Crippen LogP contribution in [0.1, 0.15) is 25.3 Å². The van der Waals surface area contributed by atoms with Crippen LogP contribution in [0.15, 0.2) is 23.1 Å². The fourth-order valence-corrected chi connectivity index (χ4v) is 4.70. The molecule has 1 amide bonds. The Labute approximate surface area is 134 Å². The smallest absolute Gasteiger partial charge is 0.270 e. The van der Waals surface area contributed by atoms with Gasteiger partial charge in [-0.15, -0.1) is 0 Å². The molecule has 2 rings (SSSR count). The first-order valence-corrected chi connectivity index (χ1v) is 8.64. The third kappa shape index (κ3) is 3.35. The Morgan fingerprint density at radius 2 is 2.04 bits per heavy atom. The number of benzene rings is 1. The Balaban J connectivity index is 2.46. The van der Waals surface area contributed by atoms with Gasteiger partial charge in [-0.2, -0.15) is 4.31 Å². The summed E-state index contributed by atoms with van der Waals surface area (Å²) in [5, 5.41) is 10.9. The molecule has 1 aromatic carbocycles. The summed E-state index contributed by atoms with van der Waals surface area (Å²) < 4.78 is 27.0. The molecule has 1 aromatic rings. The molecule has 0 saturated carbocycles. The van der Waals surface area contributed by atoms with E-state index in [1.807, 2.05) is 0 Å². The number of nitrogens with two attached hydrogens (primary N) is 1. The summed E-state index contributed by atoms with van der Waals surface area (Å²) in [5.41, 5.74) is 5.43. The third-order valence-electron chi connectivity index (χ3n) is 4.20. The van der Waals surface area contributed by atoms with E-state index in [0.29, 0.717) is 18.4 Å². The molecule has 23 heavy (non-hydrogen) atoms. The van der Waals surface area contributed by atoms with Crippen molar-refractivity contribution in [3.05, 3.63) is 33.9 Å². The maximum absolute atomic E-state index is 12.9. The van der Waals surface area contributed by atoms with Crippen molar-refractivity contribution in [2.45, 2.75) is 37.6 Å². The van der Waals surface area contributed by atoms with Crippen LogP contribution in [0.3, 0.4) is 0 Å². The Morgan fingerprint density at radius 3 is 2.61 bits per heavy atom. The molecule has 0 spiro atoms. The molecule has 1 aliphatic rings. The van der Waals surface area contributed by atoms with E-state index >= 15 is 0 Å². The number of hydrogen-bond acceptors (Lipinski definition) is 5. The van der Waals surface area contributed by atoms with Gasteiger partial charge in [0.25, 0.3) is 5.69 Å². The number of nitrogens with zero attached hydrogens (tertiary/aromatic N) is 2. The molecule has 1 aliphatic heterocycles. The molecule has 0 radical (unpaired) electrons. The monoisotopic (exact) mass is 341 g/mol. The summed E-state index contributed by atoms with van der Waals surface area (Å²) in [6.07, 6.45) is 1.05. The number of hydrogen-bond donors (Lipinski definition) is 1. The third-order valence-corrected chi connectivity index (χ3v) is 6.32. The lowest BCUT2D eigenvalue weighted by Gasteiger charge is -2.36. The van der Waals surface area contributed by atoms with Crippen LogP contribution in [0.5, 0.6) is 0 Å². The molecule has 0 unspecified atom stereocenters. The maximum Gasteiger partial charge on any atom is 0.270 e. The summed E-state index contributed by atoms with van der Waals surface area (Å²) >= 11 is 0. The summed E-state index contributed by atoms with van der Waals surface area (Å²) in [5.74, 6) is -1.08. The van der Waals surface area contributed by atoms with Gasteiger partial charge in [0.15, 0.2) is 0 Å². The van der Waals surface area contributed by atoms with Gasteiger partial charge >= 0.3 is 0 Å². The maximum atomic E-state index is 12.9. The van der Waals surface area contributed by atoms with E-state index in [0.717, 1.165) is 6.07 Å². The van der Waals surface area contributed by atoms with Gasteiger partial charge in [-0.25, -0.2) is 8.42 Å². The zero-order valence-corrected chi connectivity index (χ0v) is 13.7. The van der Waals surface area contributed by atoms with E-state index in [-0.39, 0.29) is 23.2 Å². The minimum absolute atomic E-state index is 0.000958. The van der Waals surface area contributed by atoms with Gasteiger partial charge in [-0.1, -0.05) is 6.07 Å². The second-order valence-corrected chi connectivity index (χ2v) is 7.67. The number of aryl methyl sites for hydroxylation is 1. The van der Waals surface area contributed by atoms with Crippen LogP contribution in [-0.2, 0) is 14.8 Å². The highest BCUT2D eigenvalue weighted by Crippen LogP contribution is 2.31. The number of carbonyl (C=O) groups is 1. The van der Waals surface area contributed by atoms with Crippen molar-refractivity contribution in [3.8, 4) is 0 Å². The number of nitro benzene ring substituents is 1. The first-order chi connectivity index (χ1) is 10.6. The van der Waals surface area contributed by atoms with Crippen molar-refractivity contribution in [1.82, 2.24) is 4.31 Å². The van der Waals surface area contributed by atoms with E-state index in [4.69, 9.17) is 5.73 Å². The van der Waals surface area contributed by atoms with E-state index in [2.05, 4.69) is 0 Å². The average molecular weight is 341 g/mol. The molecule has 8 nitrogen and oxygen atoms in total. The molecule has 2 N–H and O–H groups in total. The lowest BCUT2D eigenvalue weighted by Crippen LogP contribution is -2.48. The summed E-state index contributed by atoms with van der Waals surface area (Å²) in [6, 6.07) is 3.44. The van der Waals surface area contributed by atoms with E-state index in [1.165, 1.54) is 16.4 Å². The Bertz CT molecular complexity index is 747. The van der Waals surface area contributed by atoms with Gasteiger partial charge < -0.3 is 5.73 Å². The summed E-state index contributed by atoms with van der Waals surface area (Å²) in [6.45, 7) is 3.33. The second-order valence-electron chi connectivity index (χ2n) is 5.81. The second kappa shape index (κ2) is 6.25. The van der Waals surface area contributed by atoms with Crippen LogP contribution in [0.4, 0.5) is 5.69 Å². The van der Waals surface area contributed by atoms with Crippen LogP contribution in [0.2, 0.25) is 0 Å². The minimum Gasteiger partial charge on any atom is -0.369 e. The van der Waals surface area contributed by atoms with Crippen molar-refractivity contribution < 1.29 is 18.1 Å². The molecule has 126 valence electrons. The molecular weight excluding hydrogens is 322 g/mol. The first-order valence-electron chi connectivity index (χ1n) is 7.20. The predicted octanol–water partition coefficient (Wildman–Crippen LogP) is 1.18. The van der Waals surface area contributed by atoms with Gasteiger partial charge in [0.2, 0.25) is 15.9 Å². The SMILES string of the molecule is Cc1ccc([N+](=O)[O-])cc1S(=O)(=O)N1C[C@@H](C(N)=O)CC[C@@H]1C. The minimum atomic E-state index is -3.94. The number of non-ortho nitro benzene ring substituents is 1. The van der Waals surface area contributed by atoms with Crippen molar-refractivity contribution in [3.63, 3.8) is 0 Å². The summed E-state index contributed by atoms with van der Waals surface area (Å²) in [4.78, 5) is 21.6. The molecule has 0 aliphatic carbocycles.